The lowest BCUT2D eigenvalue weighted by atomic mass is 10.2. The predicted octanol–water partition coefficient (Wildman–Crippen LogP) is 1.34. The van der Waals surface area contributed by atoms with Crippen molar-refractivity contribution in [3.63, 3.8) is 0 Å². The molecule has 1 rings (SSSR count). The zero-order valence-corrected chi connectivity index (χ0v) is 12.2. The Kier molecular flexibility index (Phi) is 7.40. The highest BCUT2D eigenvalue weighted by molar-refractivity contribution is 5.47. The van der Waals surface area contributed by atoms with Crippen LogP contribution >= 0.6 is 0 Å². The van der Waals surface area contributed by atoms with Crippen molar-refractivity contribution >= 4 is 5.82 Å². The first-order valence-corrected chi connectivity index (χ1v) is 6.62. The molecule has 1 aromatic heterocycles. The largest absolute Gasteiger partial charge is 0.385 e. The number of aromatic nitrogens is 1. The van der Waals surface area contributed by atoms with Gasteiger partial charge in [-0.2, -0.15) is 0 Å². The van der Waals surface area contributed by atoms with Gasteiger partial charge in [0.1, 0.15) is 5.82 Å². The highest BCUT2D eigenvalue weighted by atomic mass is 16.5. The summed E-state index contributed by atoms with van der Waals surface area (Å²) in [5.74, 6) is 0.968. The van der Waals surface area contributed by atoms with Crippen LogP contribution in [0.3, 0.4) is 0 Å². The third-order valence-corrected chi connectivity index (χ3v) is 2.96. The minimum atomic E-state index is 0.496. The third kappa shape index (κ3) is 5.14. The highest BCUT2D eigenvalue weighted by Crippen LogP contribution is 2.18. The van der Waals surface area contributed by atoms with E-state index in [1.54, 1.807) is 14.2 Å². The molecular weight excluding hydrogens is 242 g/mol. The Hall–Kier alpha value is -1.17. The van der Waals surface area contributed by atoms with Crippen LogP contribution in [0.1, 0.15) is 17.7 Å². The maximum Gasteiger partial charge on any atom is 0.133 e. The second-order valence-electron chi connectivity index (χ2n) is 4.47. The molecule has 0 aliphatic heterocycles. The number of methoxy groups -OCH3 is 2. The number of aryl methyl sites for hydroxylation is 1. The van der Waals surface area contributed by atoms with E-state index in [0.717, 1.165) is 43.2 Å². The molecule has 1 heterocycles. The second kappa shape index (κ2) is 8.85. The number of nitrogens with two attached hydrogens (primary N) is 1. The van der Waals surface area contributed by atoms with Crippen LogP contribution in [0.4, 0.5) is 5.82 Å². The normalized spacial score (nSPS) is 10.7. The van der Waals surface area contributed by atoms with Crippen LogP contribution in [0.2, 0.25) is 0 Å². The Bertz CT molecular complexity index is 372. The summed E-state index contributed by atoms with van der Waals surface area (Å²) < 4.78 is 10.3. The molecule has 0 unspecified atom stereocenters. The minimum absolute atomic E-state index is 0.496. The second-order valence-corrected chi connectivity index (χ2v) is 4.47. The summed E-state index contributed by atoms with van der Waals surface area (Å²) in [6, 6.07) is 4.04. The first-order valence-electron chi connectivity index (χ1n) is 6.62. The number of hydrogen-bond acceptors (Lipinski definition) is 5. The number of nitrogens with zero attached hydrogens (tertiary/aromatic N) is 2. The van der Waals surface area contributed by atoms with E-state index >= 15 is 0 Å². The van der Waals surface area contributed by atoms with Crippen molar-refractivity contribution < 1.29 is 9.47 Å². The fourth-order valence-corrected chi connectivity index (χ4v) is 1.93. The van der Waals surface area contributed by atoms with Crippen LogP contribution in [-0.2, 0) is 16.0 Å². The third-order valence-electron chi connectivity index (χ3n) is 2.96. The van der Waals surface area contributed by atoms with Gasteiger partial charge in [0.05, 0.1) is 6.61 Å². The zero-order valence-electron chi connectivity index (χ0n) is 12.2. The SMILES string of the molecule is COCCCN(CCOC)c1nc(C)ccc1CN. The summed E-state index contributed by atoms with van der Waals surface area (Å²) in [7, 11) is 3.43. The van der Waals surface area contributed by atoms with Crippen molar-refractivity contribution in [2.45, 2.75) is 19.9 Å². The summed E-state index contributed by atoms with van der Waals surface area (Å²) in [6.45, 7) is 5.61. The molecule has 0 amide bonds. The van der Waals surface area contributed by atoms with E-state index in [0.29, 0.717) is 13.2 Å². The molecule has 0 radical (unpaired) electrons. The van der Waals surface area contributed by atoms with E-state index in [1.807, 2.05) is 19.1 Å². The molecule has 0 saturated carbocycles. The van der Waals surface area contributed by atoms with Gasteiger partial charge in [0, 0.05) is 51.7 Å². The molecule has 0 atom stereocenters. The van der Waals surface area contributed by atoms with Crippen molar-refractivity contribution in [1.29, 1.82) is 0 Å². The molecule has 0 aromatic carbocycles. The standard InChI is InChI=1S/C14H25N3O2/c1-12-5-6-13(11-15)14(16-12)17(8-10-19-3)7-4-9-18-2/h5-6H,4,7-11,15H2,1-3H3. The average molecular weight is 267 g/mol. The monoisotopic (exact) mass is 267 g/mol. The van der Waals surface area contributed by atoms with Gasteiger partial charge < -0.3 is 20.1 Å². The molecule has 0 aliphatic carbocycles. The molecule has 5 heteroatoms. The quantitative estimate of drug-likeness (QED) is 0.684. The zero-order chi connectivity index (χ0) is 14.1. The Balaban J connectivity index is 2.84. The Morgan fingerprint density at radius 2 is 1.89 bits per heavy atom. The number of ether oxygens (including phenoxy) is 2. The van der Waals surface area contributed by atoms with Gasteiger partial charge in [0.15, 0.2) is 0 Å². The first kappa shape index (κ1) is 15.9. The molecule has 5 nitrogen and oxygen atoms in total. The fourth-order valence-electron chi connectivity index (χ4n) is 1.93. The molecule has 0 bridgehead atoms. The van der Waals surface area contributed by atoms with E-state index in [-0.39, 0.29) is 0 Å². The molecule has 1 aromatic rings. The Morgan fingerprint density at radius 1 is 1.16 bits per heavy atom. The van der Waals surface area contributed by atoms with E-state index in [4.69, 9.17) is 15.2 Å². The topological polar surface area (TPSA) is 60.6 Å². The van der Waals surface area contributed by atoms with E-state index in [2.05, 4.69) is 9.88 Å². The lowest BCUT2D eigenvalue weighted by Crippen LogP contribution is -2.31. The van der Waals surface area contributed by atoms with Gasteiger partial charge in [0.2, 0.25) is 0 Å². The number of rotatable bonds is 9. The van der Waals surface area contributed by atoms with Gasteiger partial charge in [-0.25, -0.2) is 4.98 Å². The van der Waals surface area contributed by atoms with E-state index < -0.39 is 0 Å². The van der Waals surface area contributed by atoms with Crippen molar-refractivity contribution in [2.24, 2.45) is 5.73 Å². The van der Waals surface area contributed by atoms with Crippen molar-refractivity contribution in [3.05, 3.63) is 23.4 Å². The van der Waals surface area contributed by atoms with Gasteiger partial charge in [-0.3, -0.25) is 0 Å². The van der Waals surface area contributed by atoms with Crippen LogP contribution in [0.15, 0.2) is 12.1 Å². The van der Waals surface area contributed by atoms with Crippen molar-refractivity contribution in [3.8, 4) is 0 Å². The minimum Gasteiger partial charge on any atom is -0.385 e. The Morgan fingerprint density at radius 3 is 2.53 bits per heavy atom. The Labute approximate surface area is 115 Å². The van der Waals surface area contributed by atoms with Crippen molar-refractivity contribution in [1.82, 2.24) is 4.98 Å². The van der Waals surface area contributed by atoms with Gasteiger partial charge in [-0.1, -0.05) is 6.07 Å². The summed E-state index contributed by atoms with van der Waals surface area (Å²) in [4.78, 5) is 6.85. The van der Waals surface area contributed by atoms with Crippen LogP contribution in [0.25, 0.3) is 0 Å². The lowest BCUT2D eigenvalue weighted by molar-refractivity contribution is 0.191. The summed E-state index contributed by atoms with van der Waals surface area (Å²) in [5, 5.41) is 0. The smallest absolute Gasteiger partial charge is 0.133 e. The molecular formula is C14H25N3O2. The van der Waals surface area contributed by atoms with E-state index in [9.17, 15) is 0 Å². The summed E-state index contributed by atoms with van der Waals surface area (Å²) in [6.07, 6.45) is 0.958. The number of hydrogen-bond donors (Lipinski definition) is 1. The van der Waals surface area contributed by atoms with Crippen LogP contribution in [0.5, 0.6) is 0 Å². The summed E-state index contributed by atoms with van der Waals surface area (Å²) in [5.41, 5.74) is 7.87. The fraction of sp³-hybridized carbons (Fsp3) is 0.643. The van der Waals surface area contributed by atoms with Crippen LogP contribution in [0, 0.1) is 6.92 Å². The van der Waals surface area contributed by atoms with Crippen LogP contribution < -0.4 is 10.6 Å². The number of anilines is 1. The van der Waals surface area contributed by atoms with Gasteiger partial charge in [0.25, 0.3) is 0 Å². The predicted molar refractivity (Wildman–Crippen MR) is 77.4 cm³/mol. The first-order chi connectivity index (χ1) is 9.22. The molecule has 19 heavy (non-hydrogen) atoms. The van der Waals surface area contributed by atoms with Crippen LogP contribution in [-0.4, -0.2) is 45.5 Å². The number of pyridine rings is 1. The van der Waals surface area contributed by atoms with Crippen molar-refractivity contribution in [2.75, 3.05) is 45.4 Å². The molecule has 0 fully saturated rings. The molecule has 0 aliphatic rings. The van der Waals surface area contributed by atoms with E-state index in [1.165, 1.54) is 0 Å². The van der Waals surface area contributed by atoms with Gasteiger partial charge in [-0.05, 0) is 19.4 Å². The maximum absolute atomic E-state index is 5.80. The van der Waals surface area contributed by atoms with Gasteiger partial charge in [-0.15, -0.1) is 0 Å². The van der Waals surface area contributed by atoms with Gasteiger partial charge >= 0.3 is 0 Å². The maximum atomic E-state index is 5.80. The summed E-state index contributed by atoms with van der Waals surface area (Å²) >= 11 is 0. The molecule has 108 valence electrons. The molecule has 0 spiro atoms. The molecule has 0 saturated heterocycles. The molecule has 2 N–H and O–H groups in total. The highest BCUT2D eigenvalue weighted by Gasteiger charge is 2.12. The lowest BCUT2D eigenvalue weighted by Gasteiger charge is -2.25. The average Bonchev–Trinajstić information content (AvgIpc) is 2.42.